The van der Waals surface area contributed by atoms with Crippen LogP contribution in [0.3, 0.4) is 0 Å². The summed E-state index contributed by atoms with van der Waals surface area (Å²) in [6.07, 6.45) is 7.31. The van der Waals surface area contributed by atoms with Crippen molar-refractivity contribution in [3.05, 3.63) is 39.9 Å². The van der Waals surface area contributed by atoms with Crippen molar-refractivity contribution in [3.8, 4) is 17.2 Å². The minimum atomic E-state index is -0.352. The van der Waals surface area contributed by atoms with Crippen molar-refractivity contribution in [2.24, 2.45) is 0 Å². The molecule has 0 saturated heterocycles. The number of rotatable bonds is 7. The smallest absolute Gasteiger partial charge is 0.244 e. The van der Waals surface area contributed by atoms with Crippen LogP contribution < -0.4 is 19.5 Å². The molecule has 1 amide bonds. The van der Waals surface area contributed by atoms with Crippen LogP contribution in [-0.4, -0.2) is 32.2 Å². The van der Waals surface area contributed by atoms with E-state index in [1.54, 1.807) is 57.0 Å². The highest BCUT2D eigenvalue weighted by Gasteiger charge is 2.39. The average Bonchev–Trinajstić information content (AvgIpc) is 3.35. The van der Waals surface area contributed by atoms with Crippen molar-refractivity contribution in [2.45, 2.75) is 38.1 Å². The van der Waals surface area contributed by atoms with Crippen molar-refractivity contribution >= 4 is 23.3 Å². The number of carbonyl (C=O) groups is 1. The predicted molar refractivity (Wildman–Crippen MR) is 110 cm³/mol. The molecule has 28 heavy (non-hydrogen) atoms. The molecule has 0 bridgehead atoms. The number of methoxy groups -OCH3 is 3. The van der Waals surface area contributed by atoms with E-state index in [2.05, 4.69) is 10.3 Å². The van der Waals surface area contributed by atoms with Crippen molar-refractivity contribution in [3.63, 3.8) is 0 Å². The molecule has 0 radical (unpaired) electrons. The lowest BCUT2D eigenvalue weighted by Gasteiger charge is -2.27. The Hall–Kier alpha value is -2.54. The van der Waals surface area contributed by atoms with Gasteiger partial charge in [-0.2, -0.15) is 0 Å². The first-order valence-electron chi connectivity index (χ1n) is 9.24. The second-order valence-electron chi connectivity index (χ2n) is 6.86. The first-order valence-corrected chi connectivity index (χ1v) is 10.1. The van der Waals surface area contributed by atoms with E-state index in [1.807, 2.05) is 12.3 Å². The predicted octanol–water partition coefficient (Wildman–Crippen LogP) is 4.08. The Bertz CT molecular complexity index is 844. The quantitative estimate of drug-likeness (QED) is 0.707. The van der Waals surface area contributed by atoms with E-state index in [1.165, 1.54) is 0 Å². The Labute approximate surface area is 169 Å². The maximum absolute atomic E-state index is 12.7. The minimum Gasteiger partial charge on any atom is -0.493 e. The molecule has 1 N–H and O–H groups in total. The fourth-order valence-electron chi connectivity index (χ4n) is 3.59. The van der Waals surface area contributed by atoms with Gasteiger partial charge in [0.25, 0.3) is 0 Å². The summed E-state index contributed by atoms with van der Waals surface area (Å²) in [5.41, 5.74) is 1.43. The summed E-state index contributed by atoms with van der Waals surface area (Å²) in [6.45, 7) is 1.98. The van der Waals surface area contributed by atoms with Crippen molar-refractivity contribution in [1.29, 1.82) is 0 Å². The van der Waals surface area contributed by atoms with Gasteiger partial charge in [-0.1, -0.05) is 12.8 Å². The van der Waals surface area contributed by atoms with Crippen molar-refractivity contribution in [2.75, 3.05) is 21.3 Å². The minimum absolute atomic E-state index is 0.136. The van der Waals surface area contributed by atoms with Gasteiger partial charge in [0.05, 0.1) is 26.9 Å². The van der Waals surface area contributed by atoms with Crippen LogP contribution in [0.5, 0.6) is 17.2 Å². The van der Waals surface area contributed by atoms with Gasteiger partial charge in [0.15, 0.2) is 11.5 Å². The standard InChI is InChI=1S/C21H26N2O4S/c1-14-13-28-20(22-14)21(9-5-6-10-21)23-18(24)8-7-15-11-16(25-2)19(27-4)17(12-15)26-3/h7-8,11-13H,5-6,9-10H2,1-4H3,(H,23,24). The number of thiazole rings is 1. The summed E-state index contributed by atoms with van der Waals surface area (Å²) in [5.74, 6) is 1.49. The fourth-order valence-corrected chi connectivity index (χ4v) is 4.60. The number of benzene rings is 1. The Balaban J connectivity index is 1.79. The lowest BCUT2D eigenvalue weighted by atomic mass is 9.98. The number of hydrogen-bond acceptors (Lipinski definition) is 6. The van der Waals surface area contributed by atoms with Gasteiger partial charge in [0.2, 0.25) is 11.7 Å². The molecule has 7 heteroatoms. The molecule has 150 valence electrons. The van der Waals surface area contributed by atoms with Crippen LogP contribution in [0.2, 0.25) is 0 Å². The number of aryl methyl sites for hydroxylation is 1. The third kappa shape index (κ3) is 4.14. The molecule has 3 rings (SSSR count). The third-order valence-corrected chi connectivity index (χ3v) is 6.13. The first kappa shape index (κ1) is 20.2. The van der Waals surface area contributed by atoms with Gasteiger partial charge in [-0.25, -0.2) is 4.98 Å². The summed E-state index contributed by atoms with van der Waals surface area (Å²) in [6, 6.07) is 3.61. The largest absolute Gasteiger partial charge is 0.493 e. The van der Waals surface area contributed by atoms with Gasteiger partial charge >= 0.3 is 0 Å². The fraction of sp³-hybridized carbons (Fsp3) is 0.429. The van der Waals surface area contributed by atoms with E-state index >= 15 is 0 Å². The number of ether oxygens (including phenoxy) is 3. The number of aromatic nitrogens is 1. The van der Waals surface area contributed by atoms with Crippen LogP contribution in [-0.2, 0) is 10.3 Å². The molecule has 1 aliphatic carbocycles. The highest BCUT2D eigenvalue weighted by molar-refractivity contribution is 7.09. The molecule has 6 nitrogen and oxygen atoms in total. The van der Waals surface area contributed by atoms with Crippen LogP contribution in [0.4, 0.5) is 0 Å². The van der Waals surface area contributed by atoms with Crippen LogP contribution in [0.15, 0.2) is 23.6 Å². The molecule has 2 aromatic rings. The molecule has 1 fully saturated rings. The Morgan fingerprint density at radius 3 is 2.29 bits per heavy atom. The lowest BCUT2D eigenvalue weighted by Crippen LogP contribution is -2.43. The Kier molecular flexibility index (Phi) is 6.24. The number of amides is 1. The van der Waals surface area contributed by atoms with Gasteiger partial charge < -0.3 is 19.5 Å². The topological polar surface area (TPSA) is 69.7 Å². The second kappa shape index (κ2) is 8.65. The van der Waals surface area contributed by atoms with E-state index in [0.29, 0.717) is 17.2 Å². The van der Waals surface area contributed by atoms with Crippen LogP contribution in [0.25, 0.3) is 6.08 Å². The first-order chi connectivity index (χ1) is 13.5. The SMILES string of the molecule is COc1cc(C=CC(=O)NC2(c3nc(C)cs3)CCCC2)cc(OC)c1OC. The highest BCUT2D eigenvalue weighted by atomic mass is 32.1. The summed E-state index contributed by atoms with van der Waals surface area (Å²) in [4.78, 5) is 17.3. The van der Waals surface area contributed by atoms with E-state index in [-0.39, 0.29) is 11.4 Å². The van der Waals surface area contributed by atoms with Crippen molar-refractivity contribution < 1.29 is 19.0 Å². The average molecular weight is 403 g/mol. The molecular weight excluding hydrogens is 376 g/mol. The van der Waals surface area contributed by atoms with Gasteiger partial charge in [-0.05, 0) is 43.5 Å². The Morgan fingerprint density at radius 1 is 1.14 bits per heavy atom. The summed E-state index contributed by atoms with van der Waals surface area (Å²) >= 11 is 1.62. The number of hydrogen-bond donors (Lipinski definition) is 1. The molecule has 0 aliphatic heterocycles. The molecule has 1 aromatic heterocycles. The monoisotopic (exact) mass is 402 g/mol. The number of carbonyl (C=O) groups excluding carboxylic acids is 1. The Morgan fingerprint density at radius 2 is 1.79 bits per heavy atom. The van der Waals surface area contributed by atoms with Gasteiger partial charge in [-0.15, -0.1) is 11.3 Å². The van der Waals surface area contributed by atoms with Gasteiger partial charge in [0, 0.05) is 17.2 Å². The maximum atomic E-state index is 12.7. The number of nitrogens with zero attached hydrogens (tertiary/aromatic N) is 1. The van der Waals surface area contributed by atoms with E-state index in [4.69, 9.17) is 14.2 Å². The van der Waals surface area contributed by atoms with Crippen molar-refractivity contribution in [1.82, 2.24) is 10.3 Å². The van der Waals surface area contributed by atoms with E-state index in [0.717, 1.165) is 41.9 Å². The molecule has 1 aliphatic rings. The summed E-state index contributed by atoms with van der Waals surface area (Å²) in [5, 5.41) is 6.24. The maximum Gasteiger partial charge on any atom is 0.244 e. The van der Waals surface area contributed by atoms with Gasteiger partial charge in [-0.3, -0.25) is 4.79 Å². The second-order valence-corrected chi connectivity index (χ2v) is 7.72. The zero-order valence-electron chi connectivity index (χ0n) is 16.7. The molecule has 0 unspecified atom stereocenters. The van der Waals surface area contributed by atoms with E-state index < -0.39 is 0 Å². The molecule has 1 saturated carbocycles. The van der Waals surface area contributed by atoms with Crippen LogP contribution >= 0.6 is 11.3 Å². The normalized spacial score (nSPS) is 15.6. The van der Waals surface area contributed by atoms with Crippen LogP contribution in [0.1, 0.15) is 41.9 Å². The van der Waals surface area contributed by atoms with Gasteiger partial charge in [0.1, 0.15) is 5.01 Å². The molecule has 1 aromatic carbocycles. The lowest BCUT2D eigenvalue weighted by molar-refractivity contribution is -0.118. The molecule has 0 spiro atoms. The zero-order chi connectivity index (χ0) is 20.1. The highest BCUT2D eigenvalue weighted by Crippen LogP contribution is 2.40. The molecule has 1 heterocycles. The summed E-state index contributed by atoms with van der Waals surface area (Å²) < 4.78 is 16.1. The summed E-state index contributed by atoms with van der Waals surface area (Å²) in [7, 11) is 4.69. The third-order valence-electron chi connectivity index (χ3n) is 4.96. The molecule has 0 atom stereocenters. The van der Waals surface area contributed by atoms with E-state index in [9.17, 15) is 4.79 Å². The molecular formula is C21H26N2O4S. The zero-order valence-corrected chi connectivity index (χ0v) is 17.5. The number of nitrogens with one attached hydrogen (secondary N) is 1. The van der Waals surface area contributed by atoms with Crippen LogP contribution in [0, 0.1) is 6.92 Å².